The minimum Gasteiger partial charge on any atom is -0.439 e. The summed E-state index contributed by atoms with van der Waals surface area (Å²) in [5.41, 5.74) is 2.96. The lowest BCUT2D eigenvalue weighted by Gasteiger charge is -2.11. The highest BCUT2D eigenvalue weighted by Gasteiger charge is 2.09. The van der Waals surface area contributed by atoms with Crippen LogP contribution in [0.1, 0.15) is 23.6 Å². The first kappa shape index (κ1) is 14.5. The predicted molar refractivity (Wildman–Crippen MR) is 77.6 cm³/mol. The molecule has 20 heavy (non-hydrogen) atoms. The van der Waals surface area contributed by atoms with Gasteiger partial charge in [-0.3, -0.25) is 0 Å². The van der Waals surface area contributed by atoms with Gasteiger partial charge in [0.25, 0.3) is 0 Å². The maximum Gasteiger partial charge on any atom is 0.223 e. The summed E-state index contributed by atoms with van der Waals surface area (Å²) in [4.78, 5) is 4.05. The maximum atomic E-state index is 13.3. The molecule has 0 bridgehead atoms. The number of aromatic nitrogens is 1. The second-order valence-corrected chi connectivity index (χ2v) is 4.82. The zero-order valence-corrected chi connectivity index (χ0v) is 12.0. The van der Waals surface area contributed by atoms with Crippen molar-refractivity contribution in [3.8, 4) is 11.6 Å². The number of rotatable bonds is 5. The Morgan fingerprint density at radius 2 is 1.85 bits per heavy atom. The van der Waals surface area contributed by atoms with Gasteiger partial charge in [0.05, 0.1) is 6.20 Å². The fraction of sp³-hybridized carbons (Fsp3) is 0.312. The van der Waals surface area contributed by atoms with Crippen LogP contribution in [0.5, 0.6) is 11.6 Å². The molecule has 2 aromatic rings. The number of nitrogens with one attached hydrogen (secondary N) is 1. The van der Waals surface area contributed by atoms with Crippen molar-refractivity contribution in [3.63, 3.8) is 0 Å². The number of aryl methyl sites for hydroxylation is 2. The van der Waals surface area contributed by atoms with Gasteiger partial charge >= 0.3 is 0 Å². The van der Waals surface area contributed by atoms with Crippen molar-refractivity contribution in [2.45, 2.75) is 27.3 Å². The van der Waals surface area contributed by atoms with Crippen molar-refractivity contribution in [2.24, 2.45) is 0 Å². The van der Waals surface area contributed by atoms with Crippen LogP contribution in [0, 0.1) is 19.7 Å². The SMILES string of the molecule is CCNCc1cc(F)cnc1Oc1cc(C)cc(C)c1. The van der Waals surface area contributed by atoms with Crippen LogP contribution in [0.25, 0.3) is 0 Å². The minimum absolute atomic E-state index is 0.356. The van der Waals surface area contributed by atoms with Crippen molar-refractivity contribution in [2.75, 3.05) is 6.54 Å². The standard InChI is InChI=1S/C16H19FN2O/c1-4-18-9-13-8-14(17)10-19-16(13)20-15-6-11(2)5-12(3)7-15/h5-8,10,18H,4,9H2,1-3H3. The molecule has 0 saturated heterocycles. The molecule has 106 valence electrons. The van der Waals surface area contributed by atoms with Crippen molar-refractivity contribution in [1.82, 2.24) is 10.3 Å². The second-order valence-electron chi connectivity index (χ2n) is 4.82. The van der Waals surface area contributed by atoms with E-state index in [4.69, 9.17) is 4.74 Å². The summed E-state index contributed by atoms with van der Waals surface area (Å²) in [7, 11) is 0. The van der Waals surface area contributed by atoms with E-state index in [0.717, 1.165) is 23.4 Å². The van der Waals surface area contributed by atoms with Crippen LogP contribution in [0.4, 0.5) is 4.39 Å². The molecule has 1 aromatic carbocycles. The molecule has 0 radical (unpaired) electrons. The van der Waals surface area contributed by atoms with Crippen LogP contribution in [0.15, 0.2) is 30.5 Å². The van der Waals surface area contributed by atoms with Gasteiger partial charge in [0.1, 0.15) is 11.6 Å². The van der Waals surface area contributed by atoms with Crippen LogP contribution in [-0.2, 0) is 6.54 Å². The first-order valence-corrected chi connectivity index (χ1v) is 6.69. The van der Waals surface area contributed by atoms with E-state index in [0.29, 0.717) is 18.0 Å². The van der Waals surface area contributed by atoms with E-state index in [1.54, 1.807) is 0 Å². The lowest BCUT2D eigenvalue weighted by atomic mass is 10.1. The fourth-order valence-corrected chi connectivity index (χ4v) is 2.05. The Morgan fingerprint density at radius 1 is 1.15 bits per heavy atom. The molecule has 0 aliphatic rings. The van der Waals surface area contributed by atoms with E-state index < -0.39 is 0 Å². The van der Waals surface area contributed by atoms with Crippen LogP contribution < -0.4 is 10.1 Å². The summed E-state index contributed by atoms with van der Waals surface area (Å²) in [6.45, 7) is 7.35. The number of pyridine rings is 1. The summed E-state index contributed by atoms with van der Waals surface area (Å²) in [6, 6.07) is 7.41. The minimum atomic E-state index is -0.356. The van der Waals surface area contributed by atoms with Gasteiger partial charge in [0, 0.05) is 12.1 Å². The molecule has 0 amide bonds. The van der Waals surface area contributed by atoms with Crippen LogP contribution in [-0.4, -0.2) is 11.5 Å². The molecular formula is C16H19FN2O. The lowest BCUT2D eigenvalue weighted by molar-refractivity contribution is 0.448. The summed E-state index contributed by atoms with van der Waals surface area (Å²) in [5.74, 6) is 0.808. The number of ether oxygens (including phenoxy) is 1. The monoisotopic (exact) mass is 274 g/mol. The molecule has 0 spiro atoms. The van der Waals surface area contributed by atoms with Gasteiger partial charge in [0.15, 0.2) is 0 Å². The molecule has 1 heterocycles. The maximum absolute atomic E-state index is 13.3. The Morgan fingerprint density at radius 3 is 2.50 bits per heavy atom. The third kappa shape index (κ3) is 3.78. The molecule has 0 aliphatic heterocycles. The molecular weight excluding hydrogens is 255 g/mol. The smallest absolute Gasteiger partial charge is 0.223 e. The number of benzene rings is 1. The molecule has 0 fully saturated rings. The quantitative estimate of drug-likeness (QED) is 0.902. The molecule has 1 N–H and O–H groups in total. The Hall–Kier alpha value is -1.94. The van der Waals surface area contributed by atoms with Crippen molar-refractivity contribution >= 4 is 0 Å². The topological polar surface area (TPSA) is 34.2 Å². The highest BCUT2D eigenvalue weighted by molar-refractivity contribution is 5.37. The average Bonchev–Trinajstić information content (AvgIpc) is 2.38. The van der Waals surface area contributed by atoms with Crippen molar-refractivity contribution in [1.29, 1.82) is 0 Å². The Balaban J connectivity index is 2.27. The second kappa shape index (κ2) is 6.48. The third-order valence-corrected chi connectivity index (χ3v) is 2.87. The van der Waals surface area contributed by atoms with E-state index >= 15 is 0 Å². The third-order valence-electron chi connectivity index (χ3n) is 2.87. The normalized spacial score (nSPS) is 10.6. The predicted octanol–water partition coefficient (Wildman–Crippen LogP) is 3.74. The van der Waals surface area contributed by atoms with E-state index in [-0.39, 0.29) is 5.82 Å². The number of nitrogens with zero attached hydrogens (tertiary/aromatic N) is 1. The van der Waals surface area contributed by atoms with E-state index in [2.05, 4.69) is 16.4 Å². The van der Waals surface area contributed by atoms with Gasteiger partial charge in [-0.15, -0.1) is 0 Å². The van der Waals surface area contributed by atoms with Crippen molar-refractivity contribution in [3.05, 3.63) is 53.0 Å². The summed E-state index contributed by atoms with van der Waals surface area (Å²) >= 11 is 0. The first-order chi connectivity index (χ1) is 9.58. The molecule has 0 saturated carbocycles. The number of hydrogen-bond acceptors (Lipinski definition) is 3. The fourth-order valence-electron chi connectivity index (χ4n) is 2.05. The number of halogens is 1. The highest BCUT2D eigenvalue weighted by atomic mass is 19.1. The van der Waals surface area contributed by atoms with Crippen LogP contribution in [0.2, 0.25) is 0 Å². The Bertz CT molecular complexity index is 579. The largest absolute Gasteiger partial charge is 0.439 e. The summed E-state index contributed by atoms with van der Waals surface area (Å²) in [5, 5.41) is 3.15. The first-order valence-electron chi connectivity index (χ1n) is 6.69. The zero-order chi connectivity index (χ0) is 14.5. The van der Waals surface area contributed by atoms with Gasteiger partial charge in [-0.2, -0.15) is 0 Å². The van der Waals surface area contributed by atoms with Crippen molar-refractivity contribution < 1.29 is 9.13 Å². The molecule has 1 aromatic heterocycles. The molecule has 4 heteroatoms. The molecule has 0 unspecified atom stereocenters. The van der Waals surface area contributed by atoms with Crippen LogP contribution >= 0.6 is 0 Å². The van der Waals surface area contributed by atoms with Gasteiger partial charge in [-0.1, -0.05) is 13.0 Å². The Labute approximate surface area is 118 Å². The van der Waals surface area contributed by atoms with Gasteiger partial charge < -0.3 is 10.1 Å². The Kier molecular flexibility index (Phi) is 4.69. The average molecular weight is 274 g/mol. The lowest BCUT2D eigenvalue weighted by Crippen LogP contribution is -2.13. The molecule has 2 rings (SSSR count). The van der Waals surface area contributed by atoms with Gasteiger partial charge in [-0.05, 0) is 49.7 Å². The van der Waals surface area contributed by atoms with Gasteiger partial charge in [0.2, 0.25) is 5.88 Å². The van der Waals surface area contributed by atoms with Crippen LogP contribution in [0.3, 0.4) is 0 Å². The molecule has 0 aliphatic carbocycles. The zero-order valence-electron chi connectivity index (χ0n) is 12.0. The van der Waals surface area contributed by atoms with E-state index in [1.165, 1.54) is 12.3 Å². The van der Waals surface area contributed by atoms with E-state index in [9.17, 15) is 4.39 Å². The molecule has 3 nitrogen and oxygen atoms in total. The van der Waals surface area contributed by atoms with Gasteiger partial charge in [-0.25, -0.2) is 9.37 Å². The van der Waals surface area contributed by atoms with E-state index in [1.807, 2.05) is 32.9 Å². The highest BCUT2D eigenvalue weighted by Crippen LogP contribution is 2.25. The summed E-state index contributed by atoms with van der Waals surface area (Å²) in [6.07, 6.45) is 1.17. The number of hydrogen-bond donors (Lipinski definition) is 1. The summed E-state index contributed by atoms with van der Waals surface area (Å²) < 4.78 is 19.1. The molecule has 0 atom stereocenters.